The van der Waals surface area contributed by atoms with Gasteiger partial charge in [0.15, 0.2) is 0 Å². The number of carboxylic acids is 1. The summed E-state index contributed by atoms with van der Waals surface area (Å²) in [6.07, 6.45) is 1.64. The van der Waals surface area contributed by atoms with E-state index in [0.717, 1.165) is 11.1 Å². The van der Waals surface area contributed by atoms with Gasteiger partial charge in [-0.15, -0.1) is 0 Å². The van der Waals surface area contributed by atoms with Crippen LogP contribution in [-0.2, 0) is 4.79 Å². The Kier molecular flexibility index (Phi) is 3.61. The second kappa shape index (κ2) is 5.17. The Labute approximate surface area is 108 Å². The van der Waals surface area contributed by atoms with E-state index in [0.29, 0.717) is 5.02 Å². The third-order valence-corrected chi connectivity index (χ3v) is 3.18. The number of thiophene rings is 1. The van der Waals surface area contributed by atoms with Gasteiger partial charge in [0.2, 0.25) is 0 Å². The fourth-order valence-corrected chi connectivity index (χ4v) is 2.19. The van der Waals surface area contributed by atoms with Crippen LogP contribution < -0.4 is 0 Å². The van der Waals surface area contributed by atoms with Crippen LogP contribution in [0, 0.1) is 0 Å². The first kappa shape index (κ1) is 11.9. The highest BCUT2D eigenvalue weighted by Crippen LogP contribution is 2.21. The van der Waals surface area contributed by atoms with Gasteiger partial charge in [0.05, 0.1) is 5.57 Å². The van der Waals surface area contributed by atoms with Gasteiger partial charge in [0, 0.05) is 5.02 Å². The largest absolute Gasteiger partial charge is 0.478 e. The van der Waals surface area contributed by atoms with Crippen molar-refractivity contribution in [2.45, 2.75) is 0 Å². The van der Waals surface area contributed by atoms with E-state index in [1.165, 1.54) is 11.3 Å². The van der Waals surface area contributed by atoms with Crippen molar-refractivity contribution in [1.29, 1.82) is 0 Å². The fourth-order valence-electron chi connectivity index (χ4n) is 1.41. The summed E-state index contributed by atoms with van der Waals surface area (Å²) in [5, 5.41) is 13.5. The lowest BCUT2D eigenvalue weighted by Gasteiger charge is -2.00. The van der Waals surface area contributed by atoms with E-state index in [-0.39, 0.29) is 5.57 Å². The lowest BCUT2D eigenvalue weighted by atomic mass is 10.1. The minimum Gasteiger partial charge on any atom is -0.478 e. The smallest absolute Gasteiger partial charge is 0.336 e. The first-order valence-electron chi connectivity index (χ1n) is 4.90. The van der Waals surface area contributed by atoms with Gasteiger partial charge in [-0.25, -0.2) is 4.79 Å². The molecule has 0 aliphatic rings. The van der Waals surface area contributed by atoms with Crippen LogP contribution in [0.1, 0.15) is 11.1 Å². The summed E-state index contributed by atoms with van der Waals surface area (Å²) >= 11 is 7.25. The van der Waals surface area contributed by atoms with Crippen LogP contribution >= 0.6 is 22.9 Å². The van der Waals surface area contributed by atoms with Crippen molar-refractivity contribution in [3.05, 3.63) is 57.2 Å². The Bertz CT molecular complexity index is 541. The van der Waals surface area contributed by atoms with Gasteiger partial charge in [0.1, 0.15) is 0 Å². The van der Waals surface area contributed by atoms with Crippen molar-refractivity contribution < 1.29 is 9.90 Å². The molecule has 0 bridgehead atoms. The summed E-state index contributed by atoms with van der Waals surface area (Å²) in [4.78, 5) is 11.2. The van der Waals surface area contributed by atoms with Gasteiger partial charge in [-0.3, -0.25) is 0 Å². The Hall–Kier alpha value is -1.58. The first-order valence-corrected chi connectivity index (χ1v) is 6.22. The zero-order chi connectivity index (χ0) is 12.3. The van der Waals surface area contributed by atoms with Crippen LogP contribution in [-0.4, -0.2) is 11.1 Å². The molecule has 0 fully saturated rings. The van der Waals surface area contributed by atoms with E-state index >= 15 is 0 Å². The number of hydrogen-bond acceptors (Lipinski definition) is 2. The van der Waals surface area contributed by atoms with Gasteiger partial charge < -0.3 is 5.11 Å². The van der Waals surface area contributed by atoms with Gasteiger partial charge >= 0.3 is 5.97 Å². The first-order chi connectivity index (χ1) is 8.16. The van der Waals surface area contributed by atoms with Crippen LogP contribution in [0.2, 0.25) is 5.02 Å². The third kappa shape index (κ3) is 2.96. The van der Waals surface area contributed by atoms with E-state index in [9.17, 15) is 9.90 Å². The number of benzene rings is 1. The predicted molar refractivity (Wildman–Crippen MR) is 71.3 cm³/mol. The summed E-state index contributed by atoms with van der Waals surface area (Å²) in [6.45, 7) is 0. The Balaban J connectivity index is 2.40. The van der Waals surface area contributed by atoms with Crippen molar-refractivity contribution in [2.24, 2.45) is 0 Å². The lowest BCUT2D eigenvalue weighted by Crippen LogP contribution is -1.98. The van der Waals surface area contributed by atoms with Crippen LogP contribution in [0.25, 0.3) is 11.6 Å². The second-order valence-electron chi connectivity index (χ2n) is 3.43. The van der Waals surface area contributed by atoms with E-state index in [2.05, 4.69) is 0 Å². The molecule has 0 unspecified atom stereocenters. The molecule has 0 atom stereocenters. The molecule has 4 heteroatoms. The summed E-state index contributed by atoms with van der Waals surface area (Å²) in [7, 11) is 0. The zero-order valence-corrected chi connectivity index (χ0v) is 10.3. The highest BCUT2D eigenvalue weighted by molar-refractivity contribution is 7.08. The molecule has 1 aromatic heterocycles. The third-order valence-electron chi connectivity index (χ3n) is 2.24. The summed E-state index contributed by atoms with van der Waals surface area (Å²) < 4.78 is 0. The maximum atomic E-state index is 11.2. The van der Waals surface area contributed by atoms with Crippen molar-refractivity contribution >= 4 is 40.6 Å². The molecule has 2 rings (SSSR count). The average molecular weight is 265 g/mol. The van der Waals surface area contributed by atoms with Crippen molar-refractivity contribution in [3.63, 3.8) is 0 Å². The molecule has 1 aromatic carbocycles. The molecule has 0 radical (unpaired) electrons. The summed E-state index contributed by atoms with van der Waals surface area (Å²) in [5.74, 6) is -0.932. The Morgan fingerprint density at radius 2 is 1.94 bits per heavy atom. The molecule has 17 heavy (non-hydrogen) atoms. The summed E-state index contributed by atoms with van der Waals surface area (Å²) in [6, 6.07) is 8.84. The van der Waals surface area contributed by atoms with Gasteiger partial charge in [0.25, 0.3) is 0 Å². The molecule has 0 saturated carbocycles. The van der Waals surface area contributed by atoms with E-state index in [4.69, 9.17) is 11.6 Å². The molecule has 2 aromatic rings. The number of carboxylic acid groups (broad SMARTS) is 1. The molecule has 1 heterocycles. The second-order valence-corrected chi connectivity index (χ2v) is 4.64. The average Bonchev–Trinajstić information content (AvgIpc) is 2.81. The molecule has 2 nitrogen and oxygen atoms in total. The molecule has 0 aliphatic carbocycles. The van der Waals surface area contributed by atoms with Crippen molar-refractivity contribution in [2.75, 3.05) is 0 Å². The molecule has 0 saturated heterocycles. The van der Waals surface area contributed by atoms with Crippen LogP contribution in [0.3, 0.4) is 0 Å². The van der Waals surface area contributed by atoms with Crippen LogP contribution in [0.15, 0.2) is 41.1 Å². The maximum Gasteiger partial charge on any atom is 0.336 e. The molecule has 0 amide bonds. The molecular weight excluding hydrogens is 256 g/mol. The minimum atomic E-state index is -0.932. The highest BCUT2D eigenvalue weighted by Gasteiger charge is 2.10. The number of carbonyl (C=O) groups is 1. The van der Waals surface area contributed by atoms with E-state index in [1.54, 1.807) is 36.4 Å². The predicted octanol–water partition coefficient (Wildman–Crippen LogP) is 4.03. The number of halogens is 1. The van der Waals surface area contributed by atoms with Crippen molar-refractivity contribution in [3.8, 4) is 0 Å². The molecule has 1 N–H and O–H groups in total. The fraction of sp³-hybridized carbons (Fsp3) is 0. The Morgan fingerprint density at radius 3 is 2.47 bits per heavy atom. The summed E-state index contributed by atoms with van der Waals surface area (Å²) in [5.41, 5.74) is 1.82. The normalized spacial score (nSPS) is 11.5. The van der Waals surface area contributed by atoms with Crippen LogP contribution in [0.5, 0.6) is 0 Å². The lowest BCUT2D eigenvalue weighted by molar-refractivity contribution is -0.130. The van der Waals surface area contributed by atoms with E-state index in [1.807, 2.05) is 10.8 Å². The van der Waals surface area contributed by atoms with Gasteiger partial charge in [-0.2, -0.15) is 11.3 Å². The van der Waals surface area contributed by atoms with Crippen LogP contribution in [0.4, 0.5) is 0 Å². The number of hydrogen-bond donors (Lipinski definition) is 1. The SMILES string of the molecule is O=C(O)/C(=C/c1ccc(Cl)cc1)c1ccsc1. The zero-order valence-electron chi connectivity index (χ0n) is 8.76. The monoisotopic (exact) mass is 264 g/mol. The molecule has 0 spiro atoms. The number of aliphatic carboxylic acids is 1. The molecular formula is C13H9ClO2S. The minimum absolute atomic E-state index is 0.286. The quantitative estimate of drug-likeness (QED) is 0.850. The number of rotatable bonds is 3. The standard InChI is InChI=1S/C13H9ClO2S/c14-11-3-1-9(2-4-11)7-12(13(15)16)10-5-6-17-8-10/h1-8H,(H,15,16)/b12-7+. The maximum absolute atomic E-state index is 11.2. The highest BCUT2D eigenvalue weighted by atomic mass is 35.5. The van der Waals surface area contributed by atoms with E-state index < -0.39 is 5.97 Å². The van der Waals surface area contributed by atoms with Gasteiger partial charge in [-0.05, 0) is 46.2 Å². The van der Waals surface area contributed by atoms with Crippen molar-refractivity contribution in [1.82, 2.24) is 0 Å². The molecule has 0 aliphatic heterocycles. The molecule has 86 valence electrons. The Morgan fingerprint density at radius 1 is 1.24 bits per heavy atom. The topological polar surface area (TPSA) is 37.3 Å². The van der Waals surface area contributed by atoms with Gasteiger partial charge in [-0.1, -0.05) is 23.7 Å².